The lowest BCUT2D eigenvalue weighted by molar-refractivity contribution is -0.161. The number of ether oxygens (including phenoxy) is 2. The van der Waals surface area contributed by atoms with Gasteiger partial charge in [-0.2, -0.15) is 0 Å². The highest BCUT2D eigenvalue weighted by molar-refractivity contribution is 5.70. The van der Waals surface area contributed by atoms with Crippen LogP contribution in [0.5, 0.6) is 0 Å². The Bertz CT molecular complexity index is 765. The van der Waals surface area contributed by atoms with E-state index < -0.39 is 6.10 Å². The molecule has 5 nitrogen and oxygen atoms in total. The van der Waals surface area contributed by atoms with E-state index in [-0.39, 0.29) is 25.2 Å². The molecule has 0 aromatic carbocycles. The summed E-state index contributed by atoms with van der Waals surface area (Å²) in [5.74, 6) is -0.586. The Morgan fingerprint density at radius 1 is 0.415 bits per heavy atom. The van der Waals surface area contributed by atoms with Crippen LogP contribution in [-0.4, -0.2) is 36.4 Å². The SMILES string of the molecule is CCCCCCC/C=C\CCCCCCCC(=O)OC(CO)COC(=O)CCCCCCCCCCCCCCCCCCCCCCCCCCC. The third-order valence-corrected chi connectivity index (χ3v) is 10.8. The maximum atomic E-state index is 12.2. The van der Waals surface area contributed by atoms with Crippen molar-refractivity contribution in [3.63, 3.8) is 0 Å². The summed E-state index contributed by atoms with van der Waals surface area (Å²) in [5, 5.41) is 9.58. The van der Waals surface area contributed by atoms with Crippen LogP contribution < -0.4 is 0 Å². The minimum Gasteiger partial charge on any atom is -0.462 e. The van der Waals surface area contributed by atoms with E-state index in [1.807, 2.05) is 0 Å². The van der Waals surface area contributed by atoms with Gasteiger partial charge in [0.1, 0.15) is 6.61 Å². The van der Waals surface area contributed by atoms with Crippen molar-refractivity contribution in [1.82, 2.24) is 0 Å². The molecule has 0 saturated heterocycles. The normalized spacial score (nSPS) is 12.1. The van der Waals surface area contributed by atoms with E-state index in [0.29, 0.717) is 12.8 Å². The zero-order valence-corrected chi connectivity index (χ0v) is 35.8. The average molecular weight is 749 g/mol. The van der Waals surface area contributed by atoms with E-state index in [0.717, 1.165) is 38.5 Å². The highest BCUT2D eigenvalue weighted by atomic mass is 16.6. The fraction of sp³-hybridized carbons (Fsp3) is 0.917. The zero-order valence-electron chi connectivity index (χ0n) is 35.8. The molecule has 314 valence electrons. The van der Waals surface area contributed by atoms with Crippen molar-refractivity contribution in [1.29, 1.82) is 0 Å². The predicted octanol–water partition coefficient (Wildman–Crippen LogP) is 15.2. The molecular formula is C48H92O5. The number of allylic oxidation sites excluding steroid dienone is 2. The Labute approximate surface area is 331 Å². The zero-order chi connectivity index (χ0) is 38.6. The maximum Gasteiger partial charge on any atom is 0.306 e. The molecular weight excluding hydrogens is 657 g/mol. The molecule has 0 aromatic heterocycles. The molecule has 0 aliphatic heterocycles. The molecule has 0 fully saturated rings. The van der Waals surface area contributed by atoms with Crippen LogP contribution >= 0.6 is 0 Å². The predicted molar refractivity (Wildman–Crippen MR) is 228 cm³/mol. The van der Waals surface area contributed by atoms with E-state index in [1.165, 1.54) is 199 Å². The Hall–Kier alpha value is -1.36. The van der Waals surface area contributed by atoms with Gasteiger partial charge in [0.25, 0.3) is 0 Å². The van der Waals surface area contributed by atoms with Gasteiger partial charge in [0.2, 0.25) is 0 Å². The molecule has 0 saturated carbocycles. The van der Waals surface area contributed by atoms with Crippen molar-refractivity contribution >= 4 is 11.9 Å². The van der Waals surface area contributed by atoms with Gasteiger partial charge in [-0.05, 0) is 38.5 Å². The first-order valence-electron chi connectivity index (χ1n) is 23.7. The first-order chi connectivity index (χ1) is 26.1. The molecule has 0 rings (SSSR count). The van der Waals surface area contributed by atoms with Gasteiger partial charge in [0.05, 0.1) is 6.61 Å². The first kappa shape index (κ1) is 51.6. The van der Waals surface area contributed by atoms with E-state index in [1.54, 1.807) is 0 Å². The summed E-state index contributed by atoms with van der Waals surface area (Å²) in [7, 11) is 0. The summed E-state index contributed by atoms with van der Waals surface area (Å²) >= 11 is 0. The molecule has 53 heavy (non-hydrogen) atoms. The van der Waals surface area contributed by atoms with Crippen LogP contribution in [0.4, 0.5) is 0 Å². The maximum absolute atomic E-state index is 12.2. The molecule has 0 heterocycles. The van der Waals surface area contributed by atoms with Crippen molar-refractivity contribution in [2.45, 2.75) is 270 Å². The van der Waals surface area contributed by atoms with Crippen molar-refractivity contribution in [2.24, 2.45) is 0 Å². The van der Waals surface area contributed by atoms with Crippen LogP contribution in [0.15, 0.2) is 12.2 Å². The third-order valence-electron chi connectivity index (χ3n) is 10.8. The highest BCUT2D eigenvalue weighted by Gasteiger charge is 2.16. The molecule has 0 spiro atoms. The van der Waals surface area contributed by atoms with Gasteiger partial charge in [-0.15, -0.1) is 0 Å². The summed E-state index contributed by atoms with van der Waals surface area (Å²) in [6.07, 6.45) is 53.0. The van der Waals surface area contributed by atoms with E-state index in [4.69, 9.17) is 9.47 Å². The smallest absolute Gasteiger partial charge is 0.306 e. The Balaban J connectivity index is 3.43. The molecule has 0 aliphatic carbocycles. The van der Waals surface area contributed by atoms with Gasteiger partial charge >= 0.3 is 11.9 Å². The summed E-state index contributed by atoms with van der Waals surface area (Å²) < 4.78 is 10.6. The molecule has 0 aromatic rings. The minimum atomic E-state index is -0.769. The molecule has 1 unspecified atom stereocenters. The van der Waals surface area contributed by atoms with Gasteiger partial charge in [-0.3, -0.25) is 9.59 Å². The molecule has 0 amide bonds. The van der Waals surface area contributed by atoms with Crippen molar-refractivity contribution in [2.75, 3.05) is 13.2 Å². The van der Waals surface area contributed by atoms with Gasteiger partial charge < -0.3 is 14.6 Å². The highest BCUT2D eigenvalue weighted by Crippen LogP contribution is 2.16. The van der Waals surface area contributed by atoms with Crippen LogP contribution in [-0.2, 0) is 19.1 Å². The van der Waals surface area contributed by atoms with Crippen molar-refractivity contribution in [3.05, 3.63) is 12.2 Å². The fourth-order valence-corrected chi connectivity index (χ4v) is 7.20. The van der Waals surface area contributed by atoms with E-state index in [9.17, 15) is 14.7 Å². The largest absolute Gasteiger partial charge is 0.462 e. The van der Waals surface area contributed by atoms with Crippen LogP contribution in [0.25, 0.3) is 0 Å². The number of unbranched alkanes of at least 4 members (excludes halogenated alkanes) is 34. The van der Waals surface area contributed by atoms with Gasteiger partial charge in [0, 0.05) is 12.8 Å². The van der Waals surface area contributed by atoms with Crippen molar-refractivity contribution < 1.29 is 24.2 Å². The van der Waals surface area contributed by atoms with E-state index in [2.05, 4.69) is 26.0 Å². The monoisotopic (exact) mass is 749 g/mol. The quantitative estimate of drug-likeness (QED) is 0.0381. The average Bonchev–Trinajstić information content (AvgIpc) is 3.16. The number of carbonyl (C=O) groups excluding carboxylic acids is 2. The topological polar surface area (TPSA) is 72.8 Å². The first-order valence-corrected chi connectivity index (χ1v) is 23.7. The minimum absolute atomic E-state index is 0.0627. The fourth-order valence-electron chi connectivity index (χ4n) is 7.20. The number of aliphatic hydroxyl groups excluding tert-OH is 1. The third kappa shape index (κ3) is 43.2. The van der Waals surface area contributed by atoms with Crippen LogP contribution in [0.3, 0.4) is 0 Å². The molecule has 0 bridgehead atoms. The van der Waals surface area contributed by atoms with Crippen molar-refractivity contribution in [3.8, 4) is 0 Å². The Morgan fingerprint density at radius 2 is 0.698 bits per heavy atom. The Morgan fingerprint density at radius 3 is 1.02 bits per heavy atom. The summed E-state index contributed by atoms with van der Waals surface area (Å²) in [6, 6.07) is 0. The van der Waals surface area contributed by atoms with E-state index >= 15 is 0 Å². The summed E-state index contributed by atoms with van der Waals surface area (Å²) in [5.41, 5.74) is 0. The number of hydrogen-bond acceptors (Lipinski definition) is 5. The lowest BCUT2D eigenvalue weighted by atomic mass is 10.0. The second-order valence-electron chi connectivity index (χ2n) is 16.2. The molecule has 1 atom stereocenters. The number of hydrogen-bond donors (Lipinski definition) is 1. The number of carbonyl (C=O) groups is 2. The molecule has 0 aliphatic rings. The van der Waals surface area contributed by atoms with Gasteiger partial charge in [-0.1, -0.05) is 225 Å². The van der Waals surface area contributed by atoms with Crippen LogP contribution in [0.2, 0.25) is 0 Å². The molecule has 5 heteroatoms. The van der Waals surface area contributed by atoms with Gasteiger partial charge in [-0.25, -0.2) is 0 Å². The second-order valence-corrected chi connectivity index (χ2v) is 16.2. The van der Waals surface area contributed by atoms with Gasteiger partial charge in [0.15, 0.2) is 6.10 Å². The summed E-state index contributed by atoms with van der Waals surface area (Å²) in [6.45, 7) is 4.16. The lowest BCUT2D eigenvalue weighted by Gasteiger charge is -2.15. The number of rotatable bonds is 44. The molecule has 1 N–H and O–H groups in total. The number of aliphatic hydroxyl groups is 1. The second kappa shape index (κ2) is 45.0. The van der Waals surface area contributed by atoms with Crippen LogP contribution in [0, 0.1) is 0 Å². The number of esters is 2. The Kier molecular flexibility index (Phi) is 43.9. The lowest BCUT2D eigenvalue weighted by Crippen LogP contribution is -2.28. The summed E-state index contributed by atoms with van der Waals surface area (Å²) in [4.78, 5) is 24.3. The van der Waals surface area contributed by atoms with Crippen LogP contribution in [0.1, 0.15) is 264 Å². The standard InChI is InChI=1S/C48H92O5/c1-3-5-7-9-11-13-15-17-19-20-21-22-23-24-25-26-27-28-29-31-32-34-36-38-40-42-47(50)52-45-46(44-49)53-48(51)43-41-39-37-35-33-30-18-16-14-12-10-8-6-4-2/h16,18,46,49H,3-15,17,19-45H2,1-2H3/b18-16-. The molecule has 0 radical (unpaired) electrons.